The average molecular weight is 276 g/mol. The third-order valence-corrected chi connectivity index (χ3v) is 3.80. The number of amides is 1. The summed E-state index contributed by atoms with van der Waals surface area (Å²) in [6.45, 7) is 5.16. The minimum Gasteiger partial charge on any atom is -0.352 e. The molecule has 0 fully saturated rings. The van der Waals surface area contributed by atoms with Gasteiger partial charge in [0.1, 0.15) is 0 Å². The molecule has 0 spiro atoms. The predicted octanol–water partition coefficient (Wildman–Crippen LogP) is 2.00. The number of aryl methyl sites for hydroxylation is 2. The van der Waals surface area contributed by atoms with Crippen LogP contribution in [0.4, 0.5) is 5.95 Å². The lowest BCUT2D eigenvalue weighted by Crippen LogP contribution is -2.28. The van der Waals surface area contributed by atoms with Gasteiger partial charge < -0.3 is 10.6 Å². The van der Waals surface area contributed by atoms with E-state index < -0.39 is 0 Å². The van der Waals surface area contributed by atoms with Crippen LogP contribution in [0.2, 0.25) is 0 Å². The van der Waals surface area contributed by atoms with Crippen molar-refractivity contribution in [2.45, 2.75) is 13.8 Å². The molecular weight excluding hydrogens is 260 g/mol. The van der Waals surface area contributed by atoms with E-state index in [0.717, 1.165) is 10.4 Å². The van der Waals surface area contributed by atoms with E-state index in [1.807, 2.05) is 19.9 Å². The third-order valence-electron chi connectivity index (χ3n) is 2.65. The van der Waals surface area contributed by atoms with Crippen molar-refractivity contribution in [3.8, 4) is 0 Å². The zero-order valence-corrected chi connectivity index (χ0v) is 11.8. The van der Waals surface area contributed by atoms with Crippen LogP contribution in [0.25, 0.3) is 0 Å². The molecule has 2 rings (SSSR count). The molecule has 0 saturated carbocycles. The van der Waals surface area contributed by atoms with Gasteiger partial charge in [-0.15, -0.1) is 11.3 Å². The van der Waals surface area contributed by atoms with Crippen LogP contribution in [0.5, 0.6) is 0 Å². The first-order valence-electron chi connectivity index (χ1n) is 6.03. The van der Waals surface area contributed by atoms with Crippen molar-refractivity contribution in [1.82, 2.24) is 15.3 Å². The summed E-state index contributed by atoms with van der Waals surface area (Å²) in [4.78, 5) is 21.9. The number of anilines is 1. The topological polar surface area (TPSA) is 66.9 Å². The number of carbonyl (C=O) groups excluding carboxylic acids is 1. The van der Waals surface area contributed by atoms with Crippen molar-refractivity contribution in [2.75, 3.05) is 18.4 Å². The van der Waals surface area contributed by atoms with Crippen LogP contribution >= 0.6 is 11.3 Å². The van der Waals surface area contributed by atoms with Gasteiger partial charge in [-0.25, -0.2) is 9.97 Å². The molecule has 0 aliphatic rings. The van der Waals surface area contributed by atoms with Crippen molar-refractivity contribution >= 4 is 23.2 Å². The van der Waals surface area contributed by atoms with Gasteiger partial charge >= 0.3 is 0 Å². The van der Waals surface area contributed by atoms with E-state index in [9.17, 15) is 4.79 Å². The third kappa shape index (κ3) is 3.75. The molecule has 2 heterocycles. The van der Waals surface area contributed by atoms with Gasteiger partial charge in [-0.1, -0.05) is 0 Å². The lowest BCUT2D eigenvalue weighted by Gasteiger charge is -2.05. The summed E-state index contributed by atoms with van der Waals surface area (Å²) in [7, 11) is 0. The van der Waals surface area contributed by atoms with E-state index in [1.54, 1.807) is 18.5 Å². The molecule has 0 aromatic carbocycles. The smallest absolute Gasteiger partial charge is 0.261 e. The highest BCUT2D eigenvalue weighted by molar-refractivity contribution is 7.14. The van der Waals surface area contributed by atoms with Gasteiger partial charge in [-0.3, -0.25) is 4.79 Å². The molecular formula is C13H16N4OS. The van der Waals surface area contributed by atoms with Gasteiger partial charge in [0.15, 0.2) is 0 Å². The number of thiophene rings is 1. The first kappa shape index (κ1) is 13.5. The first-order valence-corrected chi connectivity index (χ1v) is 6.84. The monoisotopic (exact) mass is 276 g/mol. The number of nitrogens with one attached hydrogen (secondary N) is 2. The molecule has 1 amide bonds. The molecule has 0 aliphatic heterocycles. The van der Waals surface area contributed by atoms with E-state index >= 15 is 0 Å². The lowest BCUT2D eigenvalue weighted by molar-refractivity contribution is 0.0959. The fourth-order valence-electron chi connectivity index (χ4n) is 1.51. The molecule has 2 aromatic heterocycles. The Bertz CT molecular complexity index is 534. The van der Waals surface area contributed by atoms with E-state index in [4.69, 9.17) is 0 Å². The highest BCUT2D eigenvalue weighted by atomic mass is 32.1. The Morgan fingerprint density at radius 3 is 2.63 bits per heavy atom. The Kier molecular flexibility index (Phi) is 4.46. The standard InChI is InChI=1S/C13H16N4OS/c1-9-8-11(19-10(9)2)12(18)14-6-7-17-13-15-4-3-5-16-13/h3-5,8H,6-7H2,1-2H3,(H,14,18)(H,15,16,17). The minimum absolute atomic E-state index is 0.0306. The average Bonchev–Trinajstić information content (AvgIpc) is 2.76. The summed E-state index contributed by atoms with van der Waals surface area (Å²) in [6.07, 6.45) is 3.34. The second-order valence-corrected chi connectivity index (χ2v) is 5.36. The Morgan fingerprint density at radius 2 is 2.00 bits per heavy atom. The second-order valence-electron chi connectivity index (χ2n) is 4.10. The molecule has 0 radical (unpaired) electrons. The van der Waals surface area contributed by atoms with Crippen LogP contribution in [0, 0.1) is 13.8 Å². The number of hydrogen-bond donors (Lipinski definition) is 2. The summed E-state index contributed by atoms with van der Waals surface area (Å²) in [5.41, 5.74) is 1.16. The van der Waals surface area contributed by atoms with Gasteiger partial charge in [0.25, 0.3) is 5.91 Å². The number of carbonyl (C=O) groups is 1. The van der Waals surface area contributed by atoms with Gasteiger partial charge in [0.05, 0.1) is 4.88 Å². The summed E-state index contributed by atoms with van der Waals surface area (Å²) in [5, 5.41) is 5.90. The summed E-state index contributed by atoms with van der Waals surface area (Å²) < 4.78 is 0. The van der Waals surface area contributed by atoms with Gasteiger partial charge in [0.2, 0.25) is 5.95 Å². The summed E-state index contributed by atoms with van der Waals surface area (Å²) >= 11 is 1.52. The van der Waals surface area contributed by atoms with Gasteiger partial charge in [0, 0.05) is 30.4 Å². The van der Waals surface area contributed by atoms with E-state index in [2.05, 4.69) is 20.6 Å². The summed E-state index contributed by atoms with van der Waals surface area (Å²) in [5.74, 6) is 0.538. The van der Waals surface area contributed by atoms with Crippen LogP contribution in [0.15, 0.2) is 24.5 Å². The normalized spacial score (nSPS) is 10.2. The molecule has 6 heteroatoms. The van der Waals surface area contributed by atoms with Gasteiger partial charge in [-0.05, 0) is 31.5 Å². The number of hydrogen-bond acceptors (Lipinski definition) is 5. The molecule has 100 valence electrons. The quantitative estimate of drug-likeness (QED) is 0.820. The number of nitrogens with zero attached hydrogens (tertiary/aromatic N) is 2. The zero-order valence-electron chi connectivity index (χ0n) is 10.9. The largest absolute Gasteiger partial charge is 0.352 e. The molecule has 0 unspecified atom stereocenters. The number of rotatable bonds is 5. The molecule has 0 saturated heterocycles. The van der Waals surface area contributed by atoms with Crippen LogP contribution in [0.3, 0.4) is 0 Å². The Morgan fingerprint density at radius 1 is 1.26 bits per heavy atom. The van der Waals surface area contributed by atoms with Crippen molar-refractivity contribution in [3.63, 3.8) is 0 Å². The van der Waals surface area contributed by atoms with Crippen molar-refractivity contribution in [3.05, 3.63) is 39.8 Å². The molecule has 2 N–H and O–H groups in total. The van der Waals surface area contributed by atoms with E-state index in [0.29, 0.717) is 19.0 Å². The molecule has 0 bridgehead atoms. The molecule has 0 aliphatic carbocycles. The molecule has 19 heavy (non-hydrogen) atoms. The van der Waals surface area contributed by atoms with Crippen LogP contribution in [-0.4, -0.2) is 29.0 Å². The Labute approximate surface area is 116 Å². The van der Waals surface area contributed by atoms with Crippen LogP contribution < -0.4 is 10.6 Å². The molecule has 0 atom stereocenters. The van der Waals surface area contributed by atoms with Crippen LogP contribution in [0.1, 0.15) is 20.1 Å². The maximum atomic E-state index is 11.9. The predicted molar refractivity (Wildman–Crippen MR) is 76.6 cm³/mol. The fourth-order valence-corrected chi connectivity index (χ4v) is 2.46. The fraction of sp³-hybridized carbons (Fsp3) is 0.308. The highest BCUT2D eigenvalue weighted by Crippen LogP contribution is 2.20. The Hall–Kier alpha value is -1.95. The second kappa shape index (κ2) is 6.29. The highest BCUT2D eigenvalue weighted by Gasteiger charge is 2.09. The van der Waals surface area contributed by atoms with E-state index in [1.165, 1.54) is 16.2 Å². The van der Waals surface area contributed by atoms with E-state index in [-0.39, 0.29) is 5.91 Å². The van der Waals surface area contributed by atoms with Gasteiger partial charge in [-0.2, -0.15) is 0 Å². The first-order chi connectivity index (χ1) is 9.16. The Balaban J connectivity index is 1.75. The maximum Gasteiger partial charge on any atom is 0.261 e. The number of aromatic nitrogens is 2. The maximum absolute atomic E-state index is 11.9. The van der Waals surface area contributed by atoms with Crippen molar-refractivity contribution in [1.29, 1.82) is 0 Å². The minimum atomic E-state index is -0.0306. The van der Waals surface area contributed by atoms with Crippen molar-refractivity contribution < 1.29 is 4.79 Å². The lowest BCUT2D eigenvalue weighted by atomic mass is 10.3. The summed E-state index contributed by atoms with van der Waals surface area (Å²) in [6, 6.07) is 3.68. The molecule has 5 nitrogen and oxygen atoms in total. The zero-order chi connectivity index (χ0) is 13.7. The van der Waals surface area contributed by atoms with Crippen LogP contribution in [-0.2, 0) is 0 Å². The SMILES string of the molecule is Cc1cc(C(=O)NCCNc2ncccn2)sc1C. The van der Waals surface area contributed by atoms with Crippen molar-refractivity contribution in [2.24, 2.45) is 0 Å². The molecule has 2 aromatic rings.